The van der Waals surface area contributed by atoms with E-state index in [1.54, 1.807) is 6.07 Å². The zero-order chi connectivity index (χ0) is 24.0. The van der Waals surface area contributed by atoms with Crippen LogP contribution in [-0.4, -0.2) is 41.6 Å². The lowest BCUT2D eigenvalue weighted by molar-refractivity contribution is 0.0830. The number of amides is 2. The van der Waals surface area contributed by atoms with Gasteiger partial charge in [0.1, 0.15) is 22.1 Å². The molecule has 3 aromatic rings. The van der Waals surface area contributed by atoms with E-state index in [0.29, 0.717) is 5.75 Å². The minimum absolute atomic E-state index is 0.00569. The van der Waals surface area contributed by atoms with Crippen molar-refractivity contribution in [1.82, 2.24) is 10.9 Å². The third kappa shape index (κ3) is 5.36. The number of hydrogen-bond donors (Lipinski definition) is 3. The first-order valence-corrected chi connectivity index (χ1v) is 10.8. The number of methoxy groups -OCH3 is 3. The maximum atomic E-state index is 13.1. The largest absolute Gasteiger partial charge is 0.497 e. The smallest absolute Gasteiger partial charge is 0.305 e. The van der Waals surface area contributed by atoms with Crippen LogP contribution >= 0.6 is 0 Å². The third-order valence-corrected chi connectivity index (χ3v) is 5.79. The van der Waals surface area contributed by atoms with Crippen LogP contribution < -0.4 is 29.8 Å². The summed E-state index contributed by atoms with van der Waals surface area (Å²) in [5.41, 5.74) is 4.48. The maximum Gasteiger partial charge on any atom is 0.305 e. The molecule has 0 aliphatic heterocycles. The molecule has 0 radical (unpaired) electrons. The second-order valence-electron chi connectivity index (χ2n) is 6.42. The Labute approximate surface area is 189 Å². The number of sulfonamides is 1. The third-order valence-electron chi connectivity index (χ3n) is 4.40. The average molecular weight is 475 g/mol. The van der Waals surface area contributed by atoms with E-state index in [2.05, 4.69) is 15.6 Å². The lowest BCUT2D eigenvalue weighted by Gasteiger charge is -2.15. The topological polar surface area (TPSA) is 145 Å². The second-order valence-corrected chi connectivity index (χ2v) is 8.07. The molecule has 0 aliphatic carbocycles. The van der Waals surface area contributed by atoms with E-state index in [4.69, 9.17) is 18.6 Å². The van der Waals surface area contributed by atoms with Gasteiger partial charge in [0.15, 0.2) is 5.76 Å². The molecule has 0 spiro atoms. The molecule has 0 bridgehead atoms. The van der Waals surface area contributed by atoms with Crippen molar-refractivity contribution in [3.63, 3.8) is 0 Å². The summed E-state index contributed by atoms with van der Waals surface area (Å²) in [4.78, 5) is 24.1. The minimum Gasteiger partial charge on any atom is -0.497 e. The molecule has 2 amide bonds. The van der Waals surface area contributed by atoms with E-state index >= 15 is 0 Å². The number of carbonyl (C=O) groups is 2. The molecule has 0 fully saturated rings. The Morgan fingerprint density at radius 2 is 1.58 bits per heavy atom. The first-order chi connectivity index (χ1) is 15.8. The summed E-state index contributed by atoms with van der Waals surface area (Å²) in [5, 5.41) is 0. The number of rotatable bonds is 8. The zero-order valence-corrected chi connectivity index (χ0v) is 18.7. The maximum absolute atomic E-state index is 13.1. The van der Waals surface area contributed by atoms with Crippen molar-refractivity contribution in [3.8, 4) is 17.2 Å². The predicted octanol–water partition coefficient (Wildman–Crippen LogP) is 2.18. The number of nitrogens with one attached hydrogen (secondary N) is 3. The Kier molecular flexibility index (Phi) is 7.08. The van der Waals surface area contributed by atoms with Crippen molar-refractivity contribution in [1.29, 1.82) is 0 Å². The second kappa shape index (κ2) is 9.96. The molecule has 3 rings (SSSR count). The number of hydrazine groups is 1. The van der Waals surface area contributed by atoms with Crippen LogP contribution in [0.5, 0.6) is 17.2 Å². The van der Waals surface area contributed by atoms with Crippen molar-refractivity contribution in [2.75, 3.05) is 26.1 Å². The van der Waals surface area contributed by atoms with Gasteiger partial charge in [-0.1, -0.05) is 0 Å². The molecule has 2 aromatic carbocycles. The first kappa shape index (κ1) is 23.5. The Morgan fingerprint density at radius 3 is 2.21 bits per heavy atom. The van der Waals surface area contributed by atoms with Crippen LogP contribution in [0.3, 0.4) is 0 Å². The van der Waals surface area contributed by atoms with Gasteiger partial charge in [0.25, 0.3) is 15.9 Å². The highest BCUT2D eigenvalue weighted by atomic mass is 32.2. The van der Waals surface area contributed by atoms with Gasteiger partial charge in [-0.05, 0) is 42.5 Å². The summed E-state index contributed by atoms with van der Waals surface area (Å²) >= 11 is 0. The fraction of sp³-hybridized carbons (Fsp3) is 0.143. The van der Waals surface area contributed by atoms with Crippen molar-refractivity contribution in [3.05, 3.63) is 66.1 Å². The molecule has 1 aromatic heterocycles. The fourth-order valence-corrected chi connectivity index (χ4v) is 4.03. The van der Waals surface area contributed by atoms with Gasteiger partial charge in [0.05, 0.1) is 33.3 Å². The van der Waals surface area contributed by atoms with E-state index in [9.17, 15) is 18.0 Å². The Morgan fingerprint density at radius 1 is 0.848 bits per heavy atom. The number of ether oxygens (including phenoxy) is 3. The van der Waals surface area contributed by atoms with Gasteiger partial charge in [0.2, 0.25) is 0 Å². The molecule has 0 saturated heterocycles. The van der Waals surface area contributed by atoms with Crippen LogP contribution in [0.2, 0.25) is 0 Å². The van der Waals surface area contributed by atoms with Gasteiger partial charge in [-0.2, -0.15) is 0 Å². The van der Waals surface area contributed by atoms with Crippen LogP contribution in [0, 0.1) is 0 Å². The summed E-state index contributed by atoms with van der Waals surface area (Å²) < 4.78 is 49.1. The van der Waals surface area contributed by atoms with E-state index in [-0.39, 0.29) is 33.4 Å². The highest BCUT2D eigenvalue weighted by molar-refractivity contribution is 7.92. The van der Waals surface area contributed by atoms with Crippen LogP contribution in [-0.2, 0) is 10.0 Å². The van der Waals surface area contributed by atoms with E-state index in [0.717, 1.165) is 6.07 Å². The number of hydrogen-bond acceptors (Lipinski definition) is 8. The van der Waals surface area contributed by atoms with Gasteiger partial charge in [-0.3, -0.25) is 25.2 Å². The lowest BCUT2D eigenvalue weighted by atomic mass is 10.2. The van der Waals surface area contributed by atoms with Crippen molar-refractivity contribution in [2.45, 2.75) is 4.90 Å². The molecule has 11 nitrogen and oxygen atoms in total. The van der Waals surface area contributed by atoms with Crippen LogP contribution in [0.4, 0.5) is 5.69 Å². The average Bonchev–Trinajstić information content (AvgIpc) is 3.37. The van der Waals surface area contributed by atoms with Gasteiger partial charge < -0.3 is 18.6 Å². The molecule has 0 atom stereocenters. The Hall–Kier alpha value is -4.19. The van der Waals surface area contributed by atoms with Gasteiger partial charge in [-0.15, -0.1) is 0 Å². The first-order valence-electron chi connectivity index (χ1n) is 9.36. The summed E-state index contributed by atoms with van der Waals surface area (Å²) in [6.45, 7) is 0. The van der Waals surface area contributed by atoms with Crippen molar-refractivity contribution in [2.24, 2.45) is 0 Å². The Bertz CT molecular complexity index is 1260. The molecule has 0 aliphatic rings. The number of carbonyl (C=O) groups excluding carboxylic acids is 2. The summed E-state index contributed by atoms with van der Waals surface area (Å²) in [6.07, 6.45) is 1.31. The summed E-state index contributed by atoms with van der Waals surface area (Å²) in [6, 6.07) is 11.3. The summed E-state index contributed by atoms with van der Waals surface area (Å²) in [7, 11) is -0.0585. The van der Waals surface area contributed by atoms with Gasteiger partial charge >= 0.3 is 5.91 Å². The quantitative estimate of drug-likeness (QED) is 0.420. The molecule has 1 heterocycles. The molecule has 12 heteroatoms. The number of furan rings is 1. The normalized spacial score (nSPS) is 10.8. The SMILES string of the molecule is COc1ccc(NS(=O)(=O)c2cc(C(=O)NNC(=O)c3ccco3)ccc2OC)c(OC)c1. The van der Waals surface area contributed by atoms with E-state index in [1.165, 1.54) is 64.0 Å². The highest BCUT2D eigenvalue weighted by Gasteiger charge is 2.24. The van der Waals surface area contributed by atoms with Crippen LogP contribution in [0.1, 0.15) is 20.9 Å². The van der Waals surface area contributed by atoms with Crippen LogP contribution in [0.15, 0.2) is 64.1 Å². The molecular formula is C21H21N3O8S. The molecular weight excluding hydrogens is 454 g/mol. The lowest BCUT2D eigenvalue weighted by Crippen LogP contribution is -2.41. The van der Waals surface area contributed by atoms with Gasteiger partial charge in [-0.25, -0.2) is 8.42 Å². The van der Waals surface area contributed by atoms with E-state index < -0.39 is 21.8 Å². The number of anilines is 1. The van der Waals surface area contributed by atoms with E-state index in [1.807, 2.05) is 0 Å². The molecule has 0 saturated carbocycles. The van der Waals surface area contributed by atoms with Gasteiger partial charge in [0, 0.05) is 11.6 Å². The monoisotopic (exact) mass is 475 g/mol. The fourth-order valence-electron chi connectivity index (χ4n) is 2.77. The molecule has 0 unspecified atom stereocenters. The van der Waals surface area contributed by atoms with Crippen LogP contribution in [0.25, 0.3) is 0 Å². The predicted molar refractivity (Wildman–Crippen MR) is 117 cm³/mol. The zero-order valence-electron chi connectivity index (χ0n) is 17.9. The van der Waals surface area contributed by atoms with Crippen molar-refractivity contribution >= 4 is 27.5 Å². The summed E-state index contributed by atoms with van der Waals surface area (Å²) in [5.74, 6) is -0.731. The molecule has 33 heavy (non-hydrogen) atoms. The molecule has 174 valence electrons. The molecule has 3 N–H and O–H groups in total. The Balaban J connectivity index is 1.85. The standard InChI is InChI=1S/C21H21N3O8S/c1-29-14-7-8-15(18(12-14)31-3)24-33(27,28)19-11-13(6-9-16(19)30-2)20(25)22-23-21(26)17-5-4-10-32-17/h4-12,24H,1-3H3,(H,22,25)(H,23,26). The number of benzene rings is 2. The minimum atomic E-state index is -4.21. The highest BCUT2D eigenvalue weighted by Crippen LogP contribution is 2.33. The van der Waals surface area contributed by atoms with Crippen molar-refractivity contribution < 1.29 is 36.6 Å².